The summed E-state index contributed by atoms with van der Waals surface area (Å²) >= 11 is 0. The second-order valence-electron chi connectivity index (χ2n) is 4.90. The summed E-state index contributed by atoms with van der Waals surface area (Å²) in [5.41, 5.74) is 2.70. The number of hydrogen-bond acceptors (Lipinski definition) is 4. The molecule has 2 aromatic rings. The molecule has 0 aliphatic carbocycles. The first-order valence-electron chi connectivity index (χ1n) is 6.64. The number of benzene rings is 2. The van der Waals surface area contributed by atoms with Gasteiger partial charge in [0.05, 0.1) is 17.1 Å². The van der Waals surface area contributed by atoms with E-state index in [1.807, 2.05) is 42.5 Å². The normalized spacial score (nSPS) is 12.8. The van der Waals surface area contributed by atoms with Crippen LogP contribution in [0.25, 0.3) is 0 Å². The maximum Gasteiger partial charge on any atom is 0.264 e. The lowest BCUT2D eigenvalue weighted by atomic mass is 10.1. The first kappa shape index (κ1) is 13.9. The Bertz CT molecular complexity index is 771. The van der Waals surface area contributed by atoms with Gasteiger partial charge in [-0.25, -0.2) is 0 Å². The van der Waals surface area contributed by atoms with Gasteiger partial charge in [0.15, 0.2) is 11.5 Å². The highest BCUT2D eigenvalue weighted by molar-refractivity contribution is 7.85. The maximum atomic E-state index is 10.8. The SMILES string of the molecule is O=S(=O)(O)CCCc1cccc2c1Nc1ccccc1O2. The molecule has 0 radical (unpaired) electrons. The van der Waals surface area contributed by atoms with Crippen molar-refractivity contribution in [3.8, 4) is 11.5 Å². The number of para-hydroxylation sites is 3. The summed E-state index contributed by atoms with van der Waals surface area (Å²) in [7, 11) is -3.92. The zero-order chi connectivity index (χ0) is 14.9. The molecule has 2 N–H and O–H groups in total. The molecule has 0 saturated heterocycles. The van der Waals surface area contributed by atoms with Crippen LogP contribution >= 0.6 is 0 Å². The number of aryl methyl sites for hydroxylation is 1. The van der Waals surface area contributed by atoms with Crippen LogP contribution in [0.2, 0.25) is 0 Å². The molecule has 0 saturated carbocycles. The minimum absolute atomic E-state index is 0.242. The highest BCUT2D eigenvalue weighted by atomic mass is 32.2. The van der Waals surface area contributed by atoms with Crippen LogP contribution in [0, 0.1) is 0 Å². The Morgan fingerprint density at radius 1 is 1.05 bits per heavy atom. The number of ether oxygens (including phenoxy) is 1. The van der Waals surface area contributed by atoms with Crippen molar-refractivity contribution in [3.63, 3.8) is 0 Å². The lowest BCUT2D eigenvalue weighted by Crippen LogP contribution is -2.08. The van der Waals surface area contributed by atoms with Crippen LogP contribution in [0.15, 0.2) is 42.5 Å². The average Bonchev–Trinajstić information content (AvgIpc) is 2.44. The minimum Gasteiger partial charge on any atom is -0.453 e. The third kappa shape index (κ3) is 3.17. The molecule has 3 rings (SSSR count). The molecular weight excluding hydrogens is 290 g/mol. The van der Waals surface area contributed by atoms with Crippen molar-refractivity contribution in [2.24, 2.45) is 0 Å². The second-order valence-corrected chi connectivity index (χ2v) is 6.48. The van der Waals surface area contributed by atoms with E-state index in [2.05, 4.69) is 5.32 Å². The molecule has 0 fully saturated rings. The van der Waals surface area contributed by atoms with Crippen molar-refractivity contribution in [1.82, 2.24) is 0 Å². The van der Waals surface area contributed by atoms with E-state index in [4.69, 9.17) is 9.29 Å². The summed E-state index contributed by atoms with van der Waals surface area (Å²) < 4.78 is 36.2. The lowest BCUT2D eigenvalue weighted by Gasteiger charge is -2.23. The van der Waals surface area contributed by atoms with E-state index >= 15 is 0 Å². The Morgan fingerprint density at radius 2 is 1.81 bits per heavy atom. The number of hydrogen-bond donors (Lipinski definition) is 2. The van der Waals surface area contributed by atoms with E-state index in [1.165, 1.54) is 0 Å². The van der Waals surface area contributed by atoms with Gasteiger partial charge >= 0.3 is 0 Å². The molecule has 0 atom stereocenters. The van der Waals surface area contributed by atoms with E-state index in [1.54, 1.807) is 0 Å². The van der Waals surface area contributed by atoms with E-state index in [-0.39, 0.29) is 5.75 Å². The Labute approximate surface area is 123 Å². The molecule has 0 amide bonds. The molecule has 0 unspecified atom stereocenters. The summed E-state index contributed by atoms with van der Waals surface area (Å²) in [4.78, 5) is 0. The summed E-state index contributed by atoms with van der Waals surface area (Å²) in [5, 5.41) is 3.32. The van der Waals surface area contributed by atoms with Gasteiger partial charge in [-0.3, -0.25) is 4.55 Å². The zero-order valence-electron chi connectivity index (χ0n) is 11.2. The third-order valence-electron chi connectivity index (χ3n) is 3.33. The zero-order valence-corrected chi connectivity index (χ0v) is 12.1. The number of rotatable bonds is 4. The molecule has 5 nitrogen and oxygen atoms in total. The summed E-state index contributed by atoms with van der Waals surface area (Å²) in [6.07, 6.45) is 0.903. The van der Waals surface area contributed by atoms with Crippen LogP contribution in [0.5, 0.6) is 11.5 Å². The molecule has 1 aliphatic heterocycles. The molecular formula is C15H15NO4S. The van der Waals surface area contributed by atoms with Gasteiger partial charge in [-0.1, -0.05) is 24.3 Å². The van der Waals surface area contributed by atoms with Crippen molar-refractivity contribution >= 4 is 21.5 Å². The van der Waals surface area contributed by atoms with Crippen LogP contribution in [0.4, 0.5) is 11.4 Å². The van der Waals surface area contributed by atoms with Gasteiger partial charge in [0.25, 0.3) is 10.1 Å². The molecule has 1 heterocycles. The molecule has 0 aromatic heterocycles. The van der Waals surface area contributed by atoms with Crippen LogP contribution in [0.3, 0.4) is 0 Å². The first-order valence-corrected chi connectivity index (χ1v) is 8.25. The lowest BCUT2D eigenvalue weighted by molar-refractivity contribution is 0.479. The number of anilines is 2. The number of fused-ring (bicyclic) bond motifs is 2. The summed E-state index contributed by atoms with van der Waals surface area (Å²) in [5.74, 6) is 1.24. The summed E-state index contributed by atoms with van der Waals surface area (Å²) in [6, 6.07) is 13.3. The fraction of sp³-hybridized carbons (Fsp3) is 0.200. The Balaban J connectivity index is 1.83. The molecule has 110 valence electrons. The molecule has 1 aliphatic rings. The van der Waals surface area contributed by atoms with Crippen LogP contribution in [-0.4, -0.2) is 18.7 Å². The standard InChI is InChI=1S/C15H15NO4S/c17-21(18,19)10-4-6-11-5-3-9-14-15(11)16-12-7-1-2-8-13(12)20-14/h1-3,5,7-9,16H,4,6,10H2,(H,17,18,19). The van der Waals surface area contributed by atoms with Gasteiger partial charge in [-0.05, 0) is 36.6 Å². The molecule has 0 bridgehead atoms. The van der Waals surface area contributed by atoms with E-state index in [0.29, 0.717) is 12.8 Å². The molecule has 0 spiro atoms. The Kier molecular flexibility index (Phi) is 3.57. The Hall–Kier alpha value is -2.05. The monoisotopic (exact) mass is 305 g/mol. The molecule has 21 heavy (non-hydrogen) atoms. The highest BCUT2D eigenvalue weighted by Gasteiger charge is 2.18. The van der Waals surface area contributed by atoms with Gasteiger partial charge in [-0.2, -0.15) is 8.42 Å². The topological polar surface area (TPSA) is 75.6 Å². The smallest absolute Gasteiger partial charge is 0.264 e. The van der Waals surface area contributed by atoms with Crippen LogP contribution in [-0.2, 0) is 16.5 Å². The van der Waals surface area contributed by atoms with E-state index in [0.717, 1.165) is 28.4 Å². The fourth-order valence-electron chi connectivity index (χ4n) is 2.37. The largest absolute Gasteiger partial charge is 0.453 e. The van der Waals surface area contributed by atoms with Crippen molar-refractivity contribution in [3.05, 3.63) is 48.0 Å². The first-order chi connectivity index (χ1) is 10.0. The van der Waals surface area contributed by atoms with E-state index in [9.17, 15) is 8.42 Å². The average molecular weight is 305 g/mol. The highest BCUT2D eigenvalue weighted by Crippen LogP contribution is 2.43. The third-order valence-corrected chi connectivity index (χ3v) is 4.13. The van der Waals surface area contributed by atoms with E-state index < -0.39 is 10.1 Å². The second kappa shape index (κ2) is 5.38. The Morgan fingerprint density at radius 3 is 2.62 bits per heavy atom. The van der Waals surface area contributed by atoms with Crippen LogP contribution < -0.4 is 10.1 Å². The quantitative estimate of drug-likeness (QED) is 0.723. The van der Waals surface area contributed by atoms with Gasteiger partial charge in [0.2, 0.25) is 0 Å². The minimum atomic E-state index is -3.92. The fourth-order valence-corrected chi connectivity index (χ4v) is 2.88. The van der Waals surface area contributed by atoms with Crippen molar-refractivity contribution in [1.29, 1.82) is 0 Å². The predicted octanol–water partition coefficient (Wildman–Crippen LogP) is 3.36. The van der Waals surface area contributed by atoms with Crippen molar-refractivity contribution in [2.45, 2.75) is 12.8 Å². The van der Waals surface area contributed by atoms with Crippen molar-refractivity contribution < 1.29 is 17.7 Å². The van der Waals surface area contributed by atoms with Gasteiger partial charge < -0.3 is 10.1 Å². The summed E-state index contributed by atoms with van der Waals surface area (Å²) in [6.45, 7) is 0. The molecule has 6 heteroatoms. The molecule has 2 aromatic carbocycles. The van der Waals surface area contributed by atoms with Gasteiger partial charge in [0.1, 0.15) is 0 Å². The van der Waals surface area contributed by atoms with Crippen LogP contribution in [0.1, 0.15) is 12.0 Å². The number of nitrogens with one attached hydrogen (secondary N) is 1. The van der Waals surface area contributed by atoms with Crippen molar-refractivity contribution in [2.75, 3.05) is 11.1 Å². The van der Waals surface area contributed by atoms with Gasteiger partial charge in [-0.15, -0.1) is 0 Å². The predicted molar refractivity (Wildman–Crippen MR) is 81.0 cm³/mol. The van der Waals surface area contributed by atoms with Gasteiger partial charge in [0, 0.05) is 0 Å². The maximum absolute atomic E-state index is 10.8.